The van der Waals surface area contributed by atoms with Crippen LogP contribution in [0.2, 0.25) is 0 Å². The molecule has 0 saturated carbocycles. The zero-order valence-electron chi connectivity index (χ0n) is 13.0. The number of hydrogen-bond donors (Lipinski definition) is 0. The van der Waals surface area contributed by atoms with E-state index in [0.717, 1.165) is 44.8 Å². The van der Waals surface area contributed by atoms with Gasteiger partial charge in [0.05, 0.1) is 19.1 Å². The highest BCUT2D eigenvalue weighted by Gasteiger charge is 2.20. The van der Waals surface area contributed by atoms with Crippen LogP contribution in [0.3, 0.4) is 0 Å². The maximum absolute atomic E-state index is 11.9. The number of ether oxygens (including phenoxy) is 2. The summed E-state index contributed by atoms with van der Waals surface area (Å²) in [5, 5.41) is 0. The molecule has 1 heterocycles. The van der Waals surface area contributed by atoms with Gasteiger partial charge in [0.1, 0.15) is 6.10 Å². The minimum Gasteiger partial charge on any atom is -0.457 e. The van der Waals surface area contributed by atoms with Gasteiger partial charge in [-0.2, -0.15) is 0 Å². The van der Waals surface area contributed by atoms with Crippen molar-refractivity contribution >= 4 is 5.97 Å². The molecule has 21 heavy (non-hydrogen) atoms. The first-order chi connectivity index (χ1) is 10.2. The van der Waals surface area contributed by atoms with E-state index < -0.39 is 0 Å². The van der Waals surface area contributed by atoms with Crippen molar-refractivity contribution in [2.24, 2.45) is 5.92 Å². The number of carbonyl (C=O) groups is 1. The quantitative estimate of drug-likeness (QED) is 0.755. The highest BCUT2D eigenvalue weighted by Crippen LogP contribution is 2.23. The summed E-state index contributed by atoms with van der Waals surface area (Å²) in [6, 6.07) is 10.0. The molecule has 1 saturated heterocycles. The van der Waals surface area contributed by atoms with Crippen LogP contribution in [0.25, 0.3) is 0 Å². The maximum atomic E-state index is 11.9. The molecule has 1 aromatic carbocycles. The van der Waals surface area contributed by atoms with Crippen molar-refractivity contribution in [1.82, 2.24) is 4.90 Å². The molecule has 1 aliphatic heterocycles. The second kappa shape index (κ2) is 8.15. The van der Waals surface area contributed by atoms with Crippen molar-refractivity contribution < 1.29 is 14.3 Å². The van der Waals surface area contributed by atoms with Crippen LogP contribution >= 0.6 is 0 Å². The Morgan fingerprint density at radius 1 is 1.24 bits per heavy atom. The van der Waals surface area contributed by atoms with Crippen LogP contribution in [0.1, 0.15) is 31.9 Å². The smallest absolute Gasteiger partial charge is 0.308 e. The lowest BCUT2D eigenvalue weighted by Gasteiger charge is -2.28. The molecule has 116 valence electrons. The van der Waals surface area contributed by atoms with Gasteiger partial charge < -0.3 is 9.47 Å². The summed E-state index contributed by atoms with van der Waals surface area (Å²) in [6.07, 6.45) is 0.659. The van der Waals surface area contributed by atoms with Gasteiger partial charge in [-0.25, -0.2) is 0 Å². The van der Waals surface area contributed by atoms with Gasteiger partial charge in [-0.1, -0.05) is 44.2 Å². The minimum atomic E-state index is -0.163. The Kier molecular flexibility index (Phi) is 6.21. The van der Waals surface area contributed by atoms with Crippen LogP contribution in [0.4, 0.5) is 0 Å². The molecule has 1 aromatic rings. The lowest BCUT2D eigenvalue weighted by Crippen LogP contribution is -2.37. The normalized spacial score (nSPS) is 17.7. The van der Waals surface area contributed by atoms with Crippen molar-refractivity contribution in [1.29, 1.82) is 0 Å². The highest BCUT2D eigenvalue weighted by molar-refractivity contribution is 5.71. The van der Waals surface area contributed by atoms with Gasteiger partial charge in [0.15, 0.2) is 0 Å². The minimum absolute atomic E-state index is 0.0976. The van der Waals surface area contributed by atoms with E-state index in [2.05, 4.69) is 4.90 Å². The Hall–Kier alpha value is -1.39. The summed E-state index contributed by atoms with van der Waals surface area (Å²) in [6.45, 7) is 8.16. The number of hydrogen-bond acceptors (Lipinski definition) is 4. The van der Waals surface area contributed by atoms with Crippen molar-refractivity contribution in [3.8, 4) is 0 Å². The van der Waals surface area contributed by atoms with E-state index in [1.807, 2.05) is 44.2 Å². The third kappa shape index (κ3) is 5.14. The molecule has 2 rings (SSSR count). The molecule has 4 nitrogen and oxygen atoms in total. The third-order valence-electron chi connectivity index (χ3n) is 3.71. The van der Waals surface area contributed by atoms with Crippen LogP contribution in [0.5, 0.6) is 0 Å². The molecule has 0 amide bonds. The largest absolute Gasteiger partial charge is 0.457 e. The number of benzene rings is 1. The van der Waals surface area contributed by atoms with Gasteiger partial charge in [-0.3, -0.25) is 9.69 Å². The first kappa shape index (κ1) is 16.0. The van der Waals surface area contributed by atoms with Crippen molar-refractivity contribution in [3.63, 3.8) is 0 Å². The van der Waals surface area contributed by atoms with Crippen LogP contribution < -0.4 is 0 Å². The number of nitrogens with zero attached hydrogens (tertiary/aromatic N) is 1. The molecule has 1 unspecified atom stereocenters. The summed E-state index contributed by atoms with van der Waals surface area (Å²) in [5.74, 6) is -0.231. The van der Waals surface area contributed by atoms with Crippen LogP contribution in [0.15, 0.2) is 30.3 Å². The van der Waals surface area contributed by atoms with Crippen LogP contribution in [-0.2, 0) is 14.3 Å². The van der Waals surface area contributed by atoms with E-state index >= 15 is 0 Å². The molecule has 0 N–H and O–H groups in total. The predicted molar refractivity (Wildman–Crippen MR) is 82.0 cm³/mol. The summed E-state index contributed by atoms with van der Waals surface area (Å²) >= 11 is 0. The molecule has 4 heteroatoms. The first-order valence-corrected chi connectivity index (χ1v) is 7.72. The Balaban J connectivity index is 1.96. The van der Waals surface area contributed by atoms with E-state index in [1.165, 1.54) is 0 Å². The lowest BCUT2D eigenvalue weighted by molar-refractivity contribution is -0.154. The topological polar surface area (TPSA) is 38.8 Å². The number of esters is 1. The number of morpholine rings is 1. The summed E-state index contributed by atoms with van der Waals surface area (Å²) in [7, 11) is 0. The SMILES string of the molecule is CC(C)C(=O)OC(CCN1CCOCC1)c1ccccc1. The second-order valence-electron chi connectivity index (χ2n) is 5.73. The average Bonchev–Trinajstić information content (AvgIpc) is 2.53. The molecule has 1 atom stereocenters. The van der Waals surface area contributed by atoms with Crippen LogP contribution in [0, 0.1) is 5.92 Å². The molecule has 0 aromatic heterocycles. The van der Waals surface area contributed by atoms with Gasteiger partial charge in [-0.15, -0.1) is 0 Å². The van der Waals surface area contributed by atoms with E-state index in [0.29, 0.717) is 0 Å². The van der Waals surface area contributed by atoms with Gasteiger partial charge >= 0.3 is 5.97 Å². The van der Waals surface area contributed by atoms with Gasteiger partial charge in [-0.05, 0) is 5.56 Å². The molecular weight excluding hydrogens is 266 g/mol. The van der Waals surface area contributed by atoms with Crippen LogP contribution in [-0.4, -0.2) is 43.7 Å². The highest BCUT2D eigenvalue weighted by atomic mass is 16.5. The summed E-state index contributed by atoms with van der Waals surface area (Å²) in [4.78, 5) is 14.3. The van der Waals surface area contributed by atoms with Crippen molar-refractivity contribution in [2.75, 3.05) is 32.8 Å². The number of rotatable bonds is 6. The molecule has 0 bridgehead atoms. The molecule has 0 radical (unpaired) electrons. The standard InChI is InChI=1S/C17H25NO3/c1-14(2)17(19)21-16(15-6-4-3-5-7-15)8-9-18-10-12-20-13-11-18/h3-7,14,16H,8-13H2,1-2H3. The van der Waals surface area contributed by atoms with E-state index in [4.69, 9.17) is 9.47 Å². The van der Waals surface area contributed by atoms with Crippen molar-refractivity contribution in [3.05, 3.63) is 35.9 Å². The average molecular weight is 291 g/mol. The molecule has 1 aliphatic rings. The predicted octanol–water partition coefficient (Wildman–Crippen LogP) is 2.65. The first-order valence-electron chi connectivity index (χ1n) is 7.72. The Bertz CT molecular complexity index is 427. The van der Waals surface area contributed by atoms with Gasteiger partial charge in [0.25, 0.3) is 0 Å². The Morgan fingerprint density at radius 3 is 2.52 bits per heavy atom. The van der Waals surface area contributed by atoms with E-state index in [-0.39, 0.29) is 18.0 Å². The monoisotopic (exact) mass is 291 g/mol. The second-order valence-corrected chi connectivity index (χ2v) is 5.73. The zero-order valence-corrected chi connectivity index (χ0v) is 13.0. The third-order valence-corrected chi connectivity index (χ3v) is 3.71. The fourth-order valence-corrected chi connectivity index (χ4v) is 2.36. The van der Waals surface area contributed by atoms with E-state index in [1.54, 1.807) is 0 Å². The summed E-state index contributed by atoms with van der Waals surface area (Å²) < 4.78 is 11.1. The lowest BCUT2D eigenvalue weighted by atomic mass is 10.1. The fraction of sp³-hybridized carbons (Fsp3) is 0.588. The molecule has 0 spiro atoms. The van der Waals surface area contributed by atoms with E-state index in [9.17, 15) is 4.79 Å². The Labute approximate surface area is 127 Å². The number of carbonyl (C=O) groups excluding carboxylic acids is 1. The molecule has 1 fully saturated rings. The maximum Gasteiger partial charge on any atom is 0.308 e. The van der Waals surface area contributed by atoms with Crippen molar-refractivity contribution in [2.45, 2.75) is 26.4 Å². The van der Waals surface area contributed by atoms with Gasteiger partial charge in [0.2, 0.25) is 0 Å². The molecule has 0 aliphatic carbocycles. The zero-order chi connectivity index (χ0) is 15.1. The fourth-order valence-electron chi connectivity index (χ4n) is 2.36. The molecular formula is C17H25NO3. The Morgan fingerprint density at radius 2 is 1.90 bits per heavy atom. The summed E-state index contributed by atoms with van der Waals surface area (Å²) in [5.41, 5.74) is 1.07. The van der Waals surface area contributed by atoms with Gasteiger partial charge in [0, 0.05) is 26.1 Å².